The zero-order chi connectivity index (χ0) is 19.0. The number of rotatable bonds is 10. The Kier molecular flexibility index (Phi) is 8.48. The maximum absolute atomic E-state index is 12.9. The minimum atomic E-state index is -6.59. The van der Waals surface area contributed by atoms with Crippen molar-refractivity contribution in [1.82, 2.24) is 5.32 Å². The van der Waals surface area contributed by atoms with Crippen LogP contribution in [0.4, 0.5) is 30.7 Å². The monoisotopic (exact) mass is 369 g/mol. The van der Waals surface area contributed by atoms with Gasteiger partial charge in [0.2, 0.25) is 0 Å². The van der Waals surface area contributed by atoms with Crippen LogP contribution in [0, 0.1) is 0 Å². The highest BCUT2D eigenvalue weighted by molar-refractivity contribution is 5.85. The first-order valence-corrected chi connectivity index (χ1v) is 7.14. The molecule has 11 heteroatoms. The maximum Gasteiger partial charge on any atom is 0.460 e. The summed E-state index contributed by atoms with van der Waals surface area (Å²) in [6.07, 6.45) is -3.97. The topological polar surface area (TPSA) is 55.4 Å². The van der Waals surface area contributed by atoms with E-state index in [9.17, 15) is 40.3 Å². The van der Waals surface area contributed by atoms with Crippen LogP contribution in [0.25, 0.3) is 0 Å². The summed E-state index contributed by atoms with van der Waals surface area (Å²) in [4.78, 5) is 22.1. The Morgan fingerprint density at radius 2 is 1.54 bits per heavy atom. The first-order chi connectivity index (χ1) is 10.9. The summed E-state index contributed by atoms with van der Waals surface area (Å²) in [5.41, 5.74) is 0. The molecule has 0 aliphatic heterocycles. The van der Waals surface area contributed by atoms with Crippen molar-refractivity contribution in [3.63, 3.8) is 0 Å². The summed E-state index contributed by atoms with van der Waals surface area (Å²) >= 11 is 0. The average Bonchev–Trinajstić information content (AvgIpc) is 2.45. The second kappa shape index (κ2) is 9.07. The van der Waals surface area contributed by atoms with Gasteiger partial charge < -0.3 is 10.1 Å². The molecule has 0 atom stereocenters. The first-order valence-electron chi connectivity index (χ1n) is 7.14. The summed E-state index contributed by atoms with van der Waals surface area (Å²) in [7, 11) is 0. The van der Waals surface area contributed by atoms with Crippen molar-refractivity contribution in [2.24, 2.45) is 0 Å². The van der Waals surface area contributed by atoms with Crippen LogP contribution in [0.5, 0.6) is 0 Å². The summed E-state index contributed by atoms with van der Waals surface area (Å²) in [5, 5.41) is 1.17. The van der Waals surface area contributed by atoms with Gasteiger partial charge in [0, 0.05) is 6.54 Å². The summed E-state index contributed by atoms with van der Waals surface area (Å²) in [6.45, 7) is 1.18. The van der Waals surface area contributed by atoms with Crippen molar-refractivity contribution < 1.29 is 45.1 Å². The third kappa shape index (κ3) is 6.16. The molecule has 0 aromatic carbocycles. The molecule has 0 aromatic heterocycles. The van der Waals surface area contributed by atoms with Gasteiger partial charge in [0.15, 0.2) is 0 Å². The lowest BCUT2D eigenvalue weighted by molar-refractivity contribution is -0.344. The second-order valence-corrected chi connectivity index (χ2v) is 4.93. The standard InChI is InChI=1S/C13H18F7NO3/c1-2-3-4-5-8-24-9(22)6-7-21-10(23)11(14,15)12(16,17)13(18,19)20/h2-8H2,1H3,(H,21,23). The zero-order valence-electron chi connectivity index (χ0n) is 12.8. The van der Waals surface area contributed by atoms with Crippen molar-refractivity contribution in [3.8, 4) is 0 Å². The van der Waals surface area contributed by atoms with Crippen LogP contribution in [0.2, 0.25) is 0 Å². The van der Waals surface area contributed by atoms with Gasteiger partial charge >= 0.3 is 24.0 Å². The molecule has 0 bridgehead atoms. The van der Waals surface area contributed by atoms with Crippen LogP contribution in [0.1, 0.15) is 39.0 Å². The Morgan fingerprint density at radius 1 is 0.958 bits per heavy atom. The Balaban J connectivity index is 4.28. The largest absolute Gasteiger partial charge is 0.466 e. The average molecular weight is 369 g/mol. The van der Waals surface area contributed by atoms with Gasteiger partial charge in [-0.05, 0) is 6.42 Å². The molecule has 1 amide bonds. The van der Waals surface area contributed by atoms with Gasteiger partial charge in [-0.3, -0.25) is 9.59 Å². The fourth-order valence-electron chi connectivity index (χ4n) is 1.50. The van der Waals surface area contributed by atoms with E-state index in [2.05, 4.69) is 4.74 Å². The smallest absolute Gasteiger partial charge is 0.460 e. The van der Waals surface area contributed by atoms with E-state index in [-0.39, 0.29) is 6.61 Å². The lowest BCUT2D eigenvalue weighted by Gasteiger charge is -2.26. The highest BCUT2D eigenvalue weighted by atomic mass is 19.4. The molecule has 0 saturated carbocycles. The van der Waals surface area contributed by atoms with E-state index in [0.717, 1.165) is 19.3 Å². The third-order valence-electron chi connectivity index (χ3n) is 2.91. The van der Waals surface area contributed by atoms with Gasteiger partial charge in [0.25, 0.3) is 5.91 Å². The molecule has 0 unspecified atom stereocenters. The van der Waals surface area contributed by atoms with E-state index in [1.165, 1.54) is 5.32 Å². The Bertz CT molecular complexity index is 424. The molecule has 0 aromatic rings. The van der Waals surface area contributed by atoms with E-state index in [0.29, 0.717) is 6.42 Å². The maximum atomic E-state index is 12.9. The van der Waals surface area contributed by atoms with Crippen LogP contribution in [0.15, 0.2) is 0 Å². The van der Waals surface area contributed by atoms with Gasteiger partial charge in [-0.2, -0.15) is 30.7 Å². The summed E-state index contributed by atoms with van der Waals surface area (Å²) in [6, 6.07) is 0. The molecular formula is C13H18F7NO3. The molecule has 0 rings (SSSR count). The molecule has 0 saturated heterocycles. The number of hydrogen-bond acceptors (Lipinski definition) is 3. The summed E-state index contributed by atoms with van der Waals surface area (Å²) in [5.74, 6) is -16.2. The number of halogens is 7. The quantitative estimate of drug-likeness (QED) is 0.365. The molecule has 0 heterocycles. The van der Waals surface area contributed by atoms with Crippen molar-refractivity contribution >= 4 is 11.9 Å². The number of alkyl halides is 7. The van der Waals surface area contributed by atoms with E-state index < -0.39 is 42.9 Å². The van der Waals surface area contributed by atoms with Crippen LogP contribution in [-0.4, -0.2) is 43.0 Å². The number of unbranched alkanes of at least 4 members (excludes halogenated alkanes) is 3. The van der Waals surface area contributed by atoms with E-state index >= 15 is 0 Å². The Hall–Kier alpha value is -1.55. The zero-order valence-corrected chi connectivity index (χ0v) is 12.8. The SMILES string of the molecule is CCCCCCOC(=O)CCNC(=O)C(F)(F)C(F)(F)C(F)(F)F. The fourth-order valence-corrected chi connectivity index (χ4v) is 1.50. The second-order valence-electron chi connectivity index (χ2n) is 4.93. The van der Waals surface area contributed by atoms with Crippen molar-refractivity contribution in [1.29, 1.82) is 0 Å². The number of amides is 1. The molecule has 0 aliphatic carbocycles. The highest BCUT2D eigenvalue weighted by Gasteiger charge is 2.76. The number of carbonyl (C=O) groups excluding carboxylic acids is 2. The molecule has 1 N–H and O–H groups in total. The van der Waals surface area contributed by atoms with Crippen molar-refractivity contribution in [3.05, 3.63) is 0 Å². The Morgan fingerprint density at radius 3 is 2.04 bits per heavy atom. The minimum Gasteiger partial charge on any atom is -0.466 e. The number of hydrogen-bond donors (Lipinski definition) is 1. The van der Waals surface area contributed by atoms with E-state index in [1.807, 2.05) is 6.92 Å². The number of nitrogens with one attached hydrogen (secondary N) is 1. The molecule has 0 fully saturated rings. The van der Waals surface area contributed by atoms with Crippen LogP contribution in [-0.2, 0) is 14.3 Å². The molecule has 0 aliphatic rings. The van der Waals surface area contributed by atoms with Crippen LogP contribution >= 0.6 is 0 Å². The fraction of sp³-hybridized carbons (Fsp3) is 0.846. The number of esters is 1. The third-order valence-corrected chi connectivity index (χ3v) is 2.91. The van der Waals surface area contributed by atoms with Gasteiger partial charge in [-0.15, -0.1) is 0 Å². The lowest BCUT2D eigenvalue weighted by Crippen LogP contribution is -2.59. The van der Waals surface area contributed by atoms with Gasteiger partial charge in [0.1, 0.15) is 0 Å². The number of ether oxygens (including phenoxy) is 1. The van der Waals surface area contributed by atoms with Gasteiger partial charge in [-0.25, -0.2) is 0 Å². The molecule has 0 spiro atoms. The molecular weight excluding hydrogens is 351 g/mol. The molecule has 4 nitrogen and oxygen atoms in total. The Labute approximate surface area is 133 Å². The van der Waals surface area contributed by atoms with Crippen molar-refractivity contribution in [2.45, 2.75) is 57.0 Å². The highest BCUT2D eigenvalue weighted by Crippen LogP contribution is 2.46. The number of carbonyl (C=O) groups is 2. The minimum absolute atomic E-state index is 0.0646. The molecule has 142 valence electrons. The lowest BCUT2D eigenvalue weighted by atomic mass is 10.1. The van der Waals surface area contributed by atoms with Gasteiger partial charge in [0.05, 0.1) is 13.0 Å². The predicted molar refractivity (Wildman–Crippen MR) is 68.7 cm³/mol. The molecule has 24 heavy (non-hydrogen) atoms. The van der Waals surface area contributed by atoms with Gasteiger partial charge in [-0.1, -0.05) is 26.2 Å². The summed E-state index contributed by atoms with van der Waals surface area (Å²) < 4.78 is 91.4. The van der Waals surface area contributed by atoms with Crippen LogP contribution < -0.4 is 5.32 Å². The first kappa shape index (κ1) is 22.4. The van der Waals surface area contributed by atoms with E-state index in [1.54, 1.807) is 0 Å². The normalized spacial score (nSPS) is 12.8. The van der Waals surface area contributed by atoms with E-state index in [4.69, 9.17) is 0 Å². The molecule has 0 radical (unpaired) electrons. The van der Waals surface area contributed by atoms with Crippen molar-refractivity contribution in [2.75, 3.05) is 13.2 Å². The van der Waals surface area contributed by atoms with Crippen LogP contribution in [0.3, 0.4) is 0 Å². The predicted octanol–water partition coefficient (Wildman–Crippen LogP) is 3.45.